The lowest BCUT2D eigenvalue weighted by Gasteiger charge is -2.14. The van der Waals surface area contributed by atoms with Crippen LogP contribution in [0.15, 0.2) is 30.3 Å². The van der Waals surface area contributed by atoms with Crippen LogP contribution >= 0.6 is 0 Å². The first-order valence-electron chi connectivity index (χ1n) is 4.79. The van der Waals surface area contributed by atoms with Crippen LogP contribution in [0, 0.1) is 0 Å². The average Bonchev–Trinajstić information content (AvgIpc) is 2.53. The molecule has 1 saturated heterocycles. The molecule has 1 aromatic rings. The highest BCUT2D eigenvalue weighted by atomic mass is 16.3. The van der Waals surface area contributed by atoms with Gasteiger partial charge in [0.2, 0.25) is 0 Å². The third kappa shape index (κ3) is 2.29. The van der Waals surface area contributed by atoms with Crippen molar-refractivity contribution in [3.8, 4) is 0 Å². The summed E-state index contributed by atoms with van der Waals surface area (Å²) in [6, 6.07) is 10.4. The third-order valence-electron chi connectivity index (χ3n) is 2.50. The minimum Gasteiger partial charge on any atom is -0.392 e. The zero-order valence-electron chi connectivity index (χ0n) is 7.69. The second kappa shape index (κ2) is 3.90. The maximum Gasteiger partial charge on any atom is 0.0679 e. The van der Waals surface area contributed by atoms with Crippen LogP contribution in [0.5, 0.6) is 0 Å². The number of rotatable bonds is 2. The van der Waals surface area contributed by atoms with E-state index in [0.717, 1.165) is 26.1 Å². The Morgan fingerprint density at radius 2 is 2.08 bits per heavy atom. The van der Waals surface area contributed by atoms with Crippen LogP contribution in [0.4, 0.5) is 0 Å². The van der Waals surface area contributed by atoms with Crippen LogP contribution in [-0.4, -0.2) is 29.2 Å². The number of likely N-dealkylation sites (tertiary alicyclic amines) is 1. The van der Waals surface area contributed by atoms with Crippen LogP contribution in [0.25, 0.3) is 0 Å². The monoisotopic (exact) mass is 177 g/mol. The minimum absolute atomic E-state index is 0.108. The molecule has 0 unspecified atom stereocenters. The van der Waals surface area contributed by atoms with E-state index < -0.39 is 0 Å². The number of nitrogens with zero attached hydrogens (tertiary/aromatic N) is 1. The molecule has 1 atom stereocenters. The van der Waals surface area contributed by atoms with Gasteiger partial charge in [0, 0.05) is 19.6 Å². The summed E-state index contributed by atoms with van der Waals surface area (Å²) < 4.78 is 0. The smallest absolute Gasteiger partial charge is 0.0679 e. The first-order valence-corrected chi connectivity index (χ1v) is 4.79. The molecule has 13 heavy (non-hydrogen) atoms. The molecule has 1 fully saturated rings. The van der Waals surface area contributed by atoms with E-state index in [1.54, 1.807) is 0 Å². The fourth-order valence-electron chi connectivity index (χ4n) is 1.80. The normalized spacial score (nSPS) is 23.6. The first kappa shape index (κ1) is 8.73. The quantitative estimate of drug-likeness (QED) is 0.735. The van der Waals surface area contributed by atoms with E-state index in [0.29, 0.717) is 0 Å². The van der Waals surface area contributed by atoms with Gasteiger partial charge in [0.25, 0.3) is 0 Å². The Morgan fingerprint density at radius 3 is 2.69 bits per heavy atom. The van der Waals surface area contributed by atoms with E-state index in [9.17, 15) is 5.11 Å². The minimum atomic E-state index is -0.108. The molecular formula is C11H15NO. The van der Waals surface area contributed by atoms with Crippen LogP contribution in [0.1, 0.15) is 12.0 Å². The lowest BCUT2D eigenvalue weighted by Crippen LogP contribution is -2.21. The Hall–Kier alpha value is -0.860. The topological polar surface area (TPSA) is 23.5 Å². The lowest BCUT2D eigenvalue weighted by atomic mass is 10.2. The molecule has 2 nitrogen and oxygen atoms in total. The van der Waals surface area contributed by atoms with Crippen LogP contribution < -0.4 is 0 Å². The number of β-amino-alcohol motifs (C(OH)–C–C–N with tert-alkyl or cyclic N) is 1. The summed E-state index contributed by atoms with van der Waals surface area (Å²) in [5.74, 6) is 0. The predicted molar refractivity (Wildman–Crippen MR) is 52.3 cm³/mol. The second-order valence-electron chi connectivity index (χ2n) is 3.66. The fourth-order valence-corrected chi connectivity index (χ4v) is 1.80. The molecular weight excluding hydrogens is 162 g/mol. The molecule has 1 aliphatic heterocycles. The molecule has 0 saturated carbocycles. The van der Waals surface area contributed by atoms with Crippen molar-refractivity contribution in [3.63, 3.8) is 0 Å². The Balaban J connectivity index is 1.92. The van der Waals surface area contributed by atoms with E-state index >= 15 is 0 Å². The molecule has 1 aromatic carbocycles. The van der Waals surface area contributed by atoms with Gasteiger partial charge < -0.3 is 5.11 Å². The summed E-state index contributed by atoms with van der Waals surface area (Å²) in [7, 11) is 0. The molecule has 70 valence electrons. The van der Waals surface area contributed by atoms with Gasteiger partial charge in [-0.15, -0.1) is 0 Å². The van der Waals surface area contributed by atoms with Crippen LogP contribution in [0.2, 0.25) is 0 Å². The van der Waals surface area contributed by atoms with Crippen molar-refractivity contribution >= 4 is 0 Å². The maximum atomic E-state index is 9.34. The number of hydrogen-bond acceptors (Lipinski definition) is 2. The van der Waals surface area contributed by atoms with Crippen molar-refractivity contribution < 1.29 is 5.11 Å². The van der Waals surface area contributed by atoms with Gasteiger partial charge >= 0.3 is 0 Å². The summed E-state index contributed by atoms with van der Waals surface area (Å²) in [5, 5.41) is 9.34. The zero-order valence-corrected chi connectivity index (χ0v) is 7.69. The number of aliphatic hydroxyl groups is 1. The highest BCUT2D eigenvalue weighted by molar-refractivity contribution is 5.14. The van der Waals surface area contributed by atoms with Gasteiger partial charge in [-0.05, 0) is 12.0 Å². The molecule has 0 spiro atoms. The summed E-state index contributed by atoms with van der Waals surface area (Å²) in [5.41, 5.74) is 1.33. The number of hydrogen-bond donors (Lipinski definition) is 1. The van der Waals surface area contributed by atoms with Gasteiger partial charge in [0.15, 0.2) is 0 Å². The molecule has 0 bridgehead atoms. The maximum absolute atomic E-state index is 9.34. The summed E-state index contributed by atoms with van der Waals surface area (Å²) in [6.07, 6.45) is 0.816. The third-order valence-corrected chi connectivity index (χ3v) is 2.50. The summed E-state index contributed by atoms with van der Waals surface area (Å²) in [6.45, 7) is 2.82. The highest BCUT2D eigenvalue weighted by Gasteiger charge is 2.19. The van der Waals surface area contributed by atoms with Gasteiger partial charge in [-0.1, -0.05) is 30.3 Å². The first-order chi connectivity index (χ1) is 6.34. The predicted octanol–water partition coefficient (Wildman–Crippen LogP) is 1.25. The van der Waals surface area contributed by atoms with Crippen molar-refractivity contribution in [2.75, 3.05) is 13.1 Å². The van der Waals surface area contributed by atoms with Crippen molar-refractivity contribution in [1.29, 1.82) is 0 Å². The summed E-state index contributed by atoms with van der Waals surface area (Å²) in [4.78, 5) is 2.29. The largest absolute Gasteiger partial charge is 0.392 e. The lowest BCUT2D eigenvalue weighted by molar-refractivity contribution is 0.175. The average molecular weight is 177 g/mol. The molecule has 0 aromatic heterocycles. The molecule has 2 rings (SSSR count). The van der Waals surface area contributed by atoms with E-state index in [2.05, 4.69) is 29.2 Å². The van der Waals surface area contributed by atoms with Gasteiger partial charge in [0.05, 0.1) is 6.10 Å². The van der Waals surface area contributed by atoms with Gasteiger partial charge in [-0.2, -0.15) is 0 Å². The Bertz CT molecular complexity index is 260. The van der Waals surface area contributed by atoms with Crippen LogP contribution in [0.3, 0.4) is 0 Å². The van der Waals surface area contributed by atoms with Gasteiger partial charge in [-0.3, -0.25) is 4.90 Å². The van der Waals surface area contributed by atoms with Crippen LogP contribution in [-0.2, 0) is 6.54 Å². The molecule has 1 aliphatic rings. The number of aliphatic hydroxyl groups excluding tert-OH is 1. The van der Waals surface area contributed by atoms with Gasteiger partial charge in [0.1, 0.15) is 0 Å². The van der Waals surface area contributed by atoms with E-state index in [-0.39, 0.29) is 6.10 Å². The van der Waals surface area contributed by atoms with E-state index in [4.69, 9.17) is 0 Å². The Morgan fingerprint density at radius 1 is 1.31 bits per heavy atom. The van der Waals surface area contributed by atoms with E-state index in [1.807, 2.05) is 6.07 Å². The highest BCUT2D eigenvalue weighted by Crippen LogP contribution is 2.12. The van der Waals surface area contributed by atoms with Crippen molar-refractivity contribution in [2.45, 2.75) is 19.1 Å². The molecule has 0 radical (unpaired) electrons. The van der Waals surface area contributed by atoms with Gasteiger partial charge in [-0.25, -0.2) is 0 Å². The molecule has 0 aliphatic carbocycles. The molecule has 1 N–H and O–H groups in total. The zero-order chi connectivity index (χ0) is 9.10. The Kier molecular flexibility index (Phi) is 2.62. The summed E-state index contributed by atoms with van der Waals surface area (Å²) >= 11 is 0. The Labute approximate surface area is 78.8 Å². The van der Waals surface area contributed by atoms with Crippen molar-refractivity contribution in [1.82, 2.24) is 4.90 Å². The van der Waals surface area contributed by atoms with E-state index in [1.165, 1.54) is 5.56 Å². The molecule has 2 heteroatoms. The standard InChI is InChI=1S/C11H15NO/c13-11-6-7-12(9-11)8-10-4-2-1-3-5-10/h1-5,11,13H,6-9H2/t11-/m0/s1. The molecule has 0 amide bonds. The fraction of sp³-hybridized carbons (Fsp3) is 0.455. The SMILES string of the molecule is O[C@H]1CCN(Cc2ccccc2)C1. The number of benzene rings is 1. The van der Waals surface area contributed by atoms with Crippen molar-refractivity contribution in [2.24, 2.45) is 0 Å². The van der Waals surface area contributed by atoms with Crippen molar-refractivity contribution in [3.05, 3.63) is 35.9 Å². The second-order valence-corrected chi connectivity index (χ2v) is 3.66. The molecule has 1 heterocycles.